The Bertz CT molecular complexity index is 652. The molecule has 1 saturated carbocycles. The van der Waals surface area contributed by atoms with Gasteiger partial charge >= 0.3 is 0 Å². The van der Waals surface area contributed by atoms with Crippen LogP contribution in [0.5, 0.6) is 0 Å². The van der Waals surface area contributed by atoms with E-state index in [1.165, 1.54) is 12.3 Å². The van der Waals surface area contributed by atoms with Gasteiger partial charge in [-0.3, -0.25) is 4.79 Å². The van der Waals surface area contributed by atoms with Gasteiger partial charge in [0.1, 0.15) is 11.5 Å². The third-order valence-electron chi connectivity index (χ3n) is 3.01. The van der Waals surface area contributed by atoms with Gasteiger partial charge in [-0.05, 0) is 47.0 Å². The van der Waals surface area contributed by atoms with Gasteiger partial charge in [-0.15, -0.1) is 0 Å². The Hall–Kier alpha value is -1.82. The standard InChI is InChI=1S/C14H12BrFN2O2/c15-9-6-7-20-13(9)14(19)18-12-10(16)2-1-3-11(12)17-8-4-5-8/h1-3,6-8,17H,4-5H2,(H,18,19). The van der Waals surface area contributed by atoms with Crippen LogP contribution in [0.15, 0.2) is 39.4 Å². The Morgan fingerprint density at radius 2 is 2.15 bits per heavy atom. The van der Waals surface area contributed by atoms with E-state index in [4.69, 9.17) is 4.42 Å². The van der Waals surface area contributed by atoms with Crippen LogP contribution in [-0.2, 0) is 0 Å². The lowest BCUT2D eigenvalue weighted by Crippen LogP contribution is -2.15. The molecule has 0 atom stereocenters. The number of hydrogen-bond acceptors (Lipinski definition) is 3. The molecule has 3 rings (SSSR count). The fraction of sp³-hybridized carbons (Fsp3) is 0.214. The van der Waals surface area contributed by atoms with Crippen LogP contribution in [0.1, 0.15) is 23.4 Å². The van der Waals surface area contributed by atoms with Gasteiger partial charge in [0.2, 0.25) is 5.76 Å². The Balaban J connectivity index is 1.85. The molecule has 4 nitrogen and oxygen atoms in total. The quantitative estimate of drug-likeness (QED) is 0.885. The van der Waals surface area contributed by atoms with Gasteiger partial charge < -0.3 is 15.1 Å². The number of amides is 1. The van der Waals surface area contributed by atoms with Crippen molar-refractivity contribution in [3.05, 3.63) is 46.6 Å². The van der Waals surface area contributed by atoms with Crippen molar-refractivity contribution < 1.29 is 13.6 Å². The fourth-order valence-corrected chi connectivity index (χ4v) is 2.23. The minimum atomic E-state index is -0.495. The highest BCUT2D eigenvalue weighted by Gasteiger charge is 2.24. The van der Waals surface area contributed by atoms with E-state index in [9.17, 15) is 9.18 Å². The summed E-state index contributed by atoms with van der Waals surface area (Å²) in [4.78, 5) is 12.1. The van der Waals surface area contributed by atoms with E-state index in [2.05, 4.69) is 26.6 Å². The molecule has 1 aliphatic rings. The Labute approximate surface area is 123 Å². The van der Waals surface area contributed by atoms with E-state index in [0.717, 1.165) is 12.8 Å². The molecule has 0 saturated heterocycles. The SMILES string of the molecule is O=C(Nc1c(F)cccc1NC1CC1)c1occc1Br. The molecule has 6 heteroatoms. The third kappa shape index (κ3) is 2.70. The van der Waals surface area contributed by atoms with Crippen molar-refractivity contribution in [3.8, 4) is 0 Å². The highest BCUT2D eigenvalue weighted by molar-refractivity contribution is 9.10. The van der Waals surface area contributed by atoms with Gasteiger partial charge in [-0.25, -0.2) is 4.39 Å². The van der Waals surface area contributed by atoms with E-state index in [1.807, 2.05) is 0 Å². The van der Waals surface area contributed by atoms with Crippen LogP contribution in [0.3, 0.4) is 0 Å². The number of para-hydroxylation sites is 1. The number of carbonyl (C=O) groups excluding carboxylic acids is 1. The van der Waals surface area contributed by atoms with Crippen LogP contribution in [-0.4, -0.2) is 11.9 Å². The molecule has 104 valence electrons. The van der Waals surface area contributed by atoms with Crippen molar-refractivity contribution >= 4 is 33.2 Å². The minimum Gasteiger partial charge on any atom is -0.458 e. The molecule has 0 unspecified atom stereocenters. The molecule has 1 aromatic heterocycles. The topological polar surface area (TPSA) is 54.3 Å². The zero-order valence-corrected chi connectivity index (χ0v) is 12.0. The zero-order chi connectivity index (χ0) is 14.1. The van der Waals surface area contributed by atoms with Crippen molar-refractivity contribution in [2.75, 3.05) is 10.6 Å². The van der Waals surface area contributed by atoms with Crippen LogP contribution in [0.25, 0.3) is 0 Å². The van der Waals surface area contributed by atoms with Gasteiger partial charge in [-0.1, -0.05) is 6.07 Å². The molecule has 1 amide bonds. The maximum Gasteiger partial charge on any atom is 0.292 e. The van der Waals surface area contributed by atoms with E-state index in [1.54, 1.807) is 18.2 Å². The first-order chi connectivity index (χ1) is 9.65. The van der Waals surface area contributed by atoms with Crippen molar-refractivity contribution in [1.82, 2.24) is 0 Å². The summed E-state index contributed by atoms with van der Waals surface area (Å²) in [7, 11) is 0. The zero-order valence-electron chi connectivity index (χ0n) is 10.5. The molecule has 0 bridgehead atoms. The second-order valence-electron chi connectivity index (χ2n) is 4.63. The first-order valence-corrected chi connectivity index (χ1v) is 7.04. The number of hydrogen-bond donors (Lipinski definition) is 2. The number of anilines is 2. The molecular weight excluding hydrogens is 327 g/mol. The van der Waals surface area contributed by atoms with Crippen molar-refractivity contribution in [3.63, 3.8) is 0 Å². The summed E-state index contributed by atoms with van der Waals surface area (Å²) in [5.41, 5.74) is 0.733. The number of halogens is 2. The Morgan fingerprint density at radius 1 is 1.35 bits per heavy atom. The molecule has 0 aliphatic heterocycles. The normalized spacial score (nSPS) is 14.1. The summed E-state index contributed by atoms with van der Waals surface area (Å²) in [6.45, 7) is 0. The Kier molecular flexibility index (Phi) is 3.48. The monoisotopic (exact) mass is 338 g/mol. The van der Waals surface area contributed by atoms with Gasteiger partial charge in [0.25, 0.3) is 5.91 Å². The van der Waals surface area contributed by atoms with Crippen LogP contribution in [0, 0.1) is 5.82 Å². The Morgan fingerprint density at radius 3 is 2.80 bits per heavy atom. The summed E-state index contributed by atoms with van der Waals surface area (Å²) < 4.78 is 19.5. The number of benzene rings is 1. The molecule has 1 fully saturated rings. The molecule has 2 N–H and O–H groups in total. The average Bonchev–Trinajstić information content (AvgIpc) is 3.13. The van der Waals surface area contributed by atoms with E-state index >= 15 is 0 Å². The molecule has 0 spiro atoms. The van der Waals surface area contributed by atoms with Crippen LogP contribution in [0.2, 0.25) is 0 Å². The van der Waals surface area contributed by atoms with Crippen LogP contribution in [0.4, 0.5) is 15.8 Å². The van der Waals surface area contributed by atoms with Crippen LogP contribution >= 0.6 is 15.9 Å². The molecule has 1 aromatic carbocycles. The average molecular weight is 339 g/mol. The van der Waals surface area contributed by atoms with Crippen molar-refractivity contribution in [2.24, 2.45) is 0 Å². The molecule has 0 radical (unpaired) electrons. The van der Waals surface area contributed by atoms with Gasteiger partial charge in [-0.2, -0.15) is 0 Å². The third-order valence-corrected chi connectivity index (χ3v) is 3.64. The number of furan rings is 1. The minimum absolute atomic E-state index is 0.116. The van der Waals surface area contributed by atoms with Gasteiger partial charge in [0.15, 0.2) is 0 Å². The molecule has 2 aromatic rings. The second-order valence-corrected chi connectivity index (χ2v) is 5.49. The van der Waals surface area contributed by atoms with Gasteiger partial charge in [0.05, 0.1) is 16.4 Å². The summed E-state index contributed by atoms with van der Waals surface area (Å²) >= 11 is 3.20. The predicted molar refractivity (Wildman–Crippen MR) is 77.4 cm³/mol. The van der Waals surface area contributed by atoms with E-state index in [-0.39, 0.29) is 11.4 Å². The molecule has 20 heavy (non-hydrogen) atoms. The number of rotatable bonds is 4. The maximum absolute atomic E-state index is 13.9. The maximum atomic E-state index is 13.9. The summed E-state index contributed by atoms with van der Waals surface area (Å²) in [5, 5.41) is 5.75. The molecule has 1 aliphatic carbocycles. The predicted octanol–water partition coefficient (Wildman–Crippen LogP) is 4.01. The van der Waals surface area contributed by atoms with Crippen LogP contribution < -0.4 is 10.6 Å². The van der Waals surface area contributed by atoms with Crippen molar-refractivity contribution in [1.29, 1.82) is 0 Å². The lowest BCUT2D eigenvalue weighted by molar-refractivity contribution is 0.0995. The van der Waals surface area contributed by atoms with E-state index < -0.39 is 11.7 Å². The first kappa shape index (κ1) is 13.2. The summed E-state index contributed by atoms with van der Waals surface area (Å²) in [6.07, 6.45) is 3.52. The summed E-state index contributed by atoms with van der Waals surface area (Å²) in [5.74, 6) is -0.858. The largest absolute Gasteiger partial charge is 0.458 e. The highest BCUT2D eigenvalue weighted by atomic mass is 79.9. The highest BCUT2D eigenvalue weighted by Crippen LogP contribution is 2.31. The smallest absolute Gasteiger partial charge is 0.292 e. The number of nitrogens with one attached hydrogen (secondary N) is 2. The van der Waals surface area contributed by atoms with Crippen molar-refractivity contribution in [2.45, 2.75) is 18.9 Å². The molecular formula is C14H12BrFN2O2. The second kappa shape index (κ2) is 5.28. The van der Waals surface area contributed by atoms with Gasteiger partial charge in [0, 0.05) is 6.04 Å². The lowest BCUT2D eigenvalue weighted by atomic mass is 10.2. The number of carbonyl (C=O) groups is 1. The summed E-state index contributed by atoms with van der Waals surface area (Å²) in [6, 6.07) is 6.64. The first-order valence-electron chi connectivity index (χ1n) is 6.24. The lowest BCUT2D eigenvalue weighted by Gasteiger charge is -2.13. The fourth-order valence-electron chi connectivity index (χ4n) is 1.85. The molecule has 1 heterocycles. The van der Waals surface area contributed by atoms with E-state index in [0.29, 0.717) is 16.2 Å².